The summed E-state index contributed by atoms with van der Waals surface area (Å²) in [6.45, 7) is 6.05. The highest BCUT2D eigenvalue weighted by atomic mass is 16.3. The summed E-state index contributed by atoms with van der Waals surface area (Å²) in [5, 5.41) is 7.50. The Bertz CT molecular complexity index is 919. The first-order valence-corrected chi connectivity index (χ1v) is 8.22. The molecule has 1 aromatic carbocycles. The van der Waals surface area contributed by atoms with Gasteiger partial charge in [0.15, 0.2) is 0 Å². The number of hydrogen-bond donors (Lipinski definition) is 2. The summed E-state index contributed by atoms with van der Waals surface area (Å²) in [6.07, 6.45) is 1.68. The van der Waals surface area contributed by atoms with Gasteiger partial charge < -0.3 is 9.73 Å². The van der Waals surface area contributed by atoms with Crippen molar-refractivity contribution in [3.05, 3.63) is 53.6 Å². The van der Waals surface area contributed by atoms with Crippen LogP contribution in [0.1, 0.15) is 17.0 Å². The second kappa shape index (κ2) is 6.52. The fraction of sp³-hybridized carbons (Fsp3) is 0.278. The van der Waals surface area contributed by atoms with E-state index < -0.39 is 0 Å². The van der Waals surface area contributed by atoms with Crippen molar-refractivity contribution < 1.29 is 4.42 Å². The summed E-state index contributed by atoms with van der Waals surface area (Å²) in [7, 11) is 0. The molecule has 0 amide bonds. The number of rotatable bonds is 3. The van der Waals surface area contributed by atoms with E-state index in [0.717, 1.165) is 28.9 Å². The second-order valence-electron chi connectivity index (χ2n) is 6.17. The molecule has 0 atom stereocenters. The zero-order valence-electron chi connectivity index (χ0n) is 14.3. The van der Waals surface area contributed by atoms with Crippen LogP contribution in [0.15, 0.2) is 46.0 Å². The van der Waals surface area contributed by atoms with Crippen LogP contribution in [0.3, 0.4) is 0 Å². The maximum Gasteiger partial charge on any atom is 0.230 e. The third-order valence-corrected chi connectivity index (χ3v) is 4.13. The van der Waals surface area contributed by atoms with Gasteiger partial charge in [-0.25, -0.2) is 15.0 Å². The number of aliphatic imine (C=N–C) groups is 1. The van der Waals surface area contributed by atoms with Gasteiger partial charge in [0.25, 0.3) is 0 Å². The Morgan fingerprint density at radius 2 is 2.16 bits per heavy atom. The van der Waals surface area contributed by atoms with Gasteiger partial charge in [-0.05, 0) is 38.1 Å². The van der Waals surface area contributed by atoms with Gasteiger partial charge in [0.05, 0.1) is 37.4 Å². The van der Waals surface area contributed by atoms with Crippen LogP contribution in [0.25, 0.3) is 10.9 Å². The van der Waals surface area contributed by atoms with Gasteiger partial charge in [-0.1, -0.05) is 11.6 Å². The van der Waals surface area contributed by atoms with Crippen molar-refractivity contribution in [2.75, 3.05) is 18.7 Å². The number of benzene rings is 1. The van der Waals surface area contributed by atoms with Crippen molar-refractivity contribution in [1.29, 1.82) is 0 Å². The maximum atomic E-state index is 5.37. The molecule has 0 bridgehead atoms. The molecule has 0 saturated carbocycles. The topological polar surface area (TPSA) is 78.6 Å². The van der Waals surface area contributed by atoms with E-state index in [2.05, 4.69) is 49.6 Å². The normalized spacial score (nSPS) is 15.0. The first-order valence-electron chi connectivity index (χ1n) is 8.22. The summed E-state index contributed by atoms with van der Waals surface area (Å²) in [6, 6.07) is 10.0. The molecular weight excluding hydrogens is 316 g/mol. The molecule has 0 aliphatic carbocycles. The molecule has 7 nitrogen and oxygen atoms in total. The molecule has 0 spiro atoms. The molecule has 128 valence electrons. The molecule has 1 aliphatic heterocycles. The van der Waals surface area contributed by atoms with E-state index in [9.17, 15) is 0 Å². The molecule has 3 aromatic rings. The van der Waals surface area contributed by atoms with Crippen LogP contribution >= 0.6 is 0 Å². The van der Waals surface area contributed by atoms with E-state index in [0.29, 0.717) is 25.2 Å². The average Bonchev–Trinajstić information content (AvgIpc) is 3.10. The third-order valence-electron chi connectivity index (χ3n) is 4.13. The predicted molar refractivity (Wildman–Crippen MR) is 97.2 cm³/mol. The van der Waals surface area contributed by atoms with E-state index in [1.807, 2.05) is 25.1 Å². The fourth-order valence-electron chi connectivity index (χ4n) is 2.83. The SMILES string of the molecule is Cc1ccc2nc(NC3=NCN(Cc4ccco4)CN3)nc(C)c2c1. The van der Waals surface area contributed by atoms with Crippen LogP contribution in [0.2, 0.25) is 0 Å². The minimum Gasteiger partial charge on any atom is -0.468 e. The standard InChI is InChI=1S/C18H20N6O/c1-12-5-6-16-15(8-12)13(2)21-18(22-16)23-17-19-10-24(11-20-17)9-14-4-3-7-25-14/h3-8H,9-11H2,1-2H3,(H2,19,20,21,22,23). The number of nitrogens with one attached hydrogen (secondary N) is 2. The molecule has 4 rings (SSSR count). The van der Waals surface area contributed by atoms with Crippen LogP contribution in [0.5, 0.6) is 0 Å². The number of fused-ring (bicyclic) bond motifs is 1. The summed E-state index contributed by atoms with van der Waals surface area (Å²) in [4.78, 5) is 15.8. The highest BCUT2D eigenvalue weighted by molar-refractivity contribution is 5.93. The Morgan fingerprint density at radius 3 is 2.92 bits per heavy atom. The molecular formula is C18H20N6O. The Kier molecular flexibility index (Phi) is 4.07. The van der Waals surface area contributed by atoms with Crippen molar-refractivity contribution >= 4 is 22.8 Å². The van der Waals surface area contributed by atoms with Gasteiger partial charge >= 0.3 is 0 Å². The quantitative estimate of drug-likeness (QED) is 0.765. The van der Waals surface area contributed by atoms with Crippen molar-refractivity contribution in [3.8, 4) is 0 Å². The Labute approximate surface area is 145 Å². The zero-order valence-corrected chi connectivity index (χ0v) is 14.3. The number of aryl methyl sites for hydroxylation is 2. The number of furan rings is 1. The lowest BCUT2D eigenvalue weighted by Gasteiger charge is -2.26. The Hall–Kier alpha value is -2.93. The number of hydrogen-bond acceptors (Lipinski definition) is 7. The minimum absolute atomic E-state index is 0.555. The number of anilines is 1. The molecule has 2 N–H and O–H groups in total. The monoisotopic (exact) mass is 336 g/mol. The van der Waals surface area contributed by atoms with Crippen molar-refractivity contribution in [2.45, 2.75) is 20.4 Å². The van der Waals surface area contributed by atoms with E-state index in [1.54, 1.807) is 6.26 Å². The molecule has 7 heteroatoms. The Balaban J connectivity index is 1.46. The number of nitrogens with zero attached hydrogens (tertiary/aromatic N) is 4. The van der Waals surface area contributed by atoms with Gasteiger partial charge in [-0.15, -0.1) is 0 Å². The summed E-state index contributed by atoms with van der Waals surface area (Å²) in [5.74, 6) is 2.17. The smallest absolute Gasteiger partial charge is 0.230 e. The van der Waals surface area contributed by atoms with Crippen LogP contribution in [0.4, 0.5) is 5.95 Å². The van der Waals surface area contributed by atoms with Crippen molar-refractivity contribution in [3.63, 3.8) is 0 Å². The van der Waals surface area contributed by atoms with Crippen LogP contribution in [-0.4, -0.2) is 34.2 Å². The largest absolute Gasteiger partial charge is 0.468 e. The zero-order chi connectivity index (χ0) is 17.2. The number of aromatic nitrogens is 2. The van der Waals surface area contributed by atoms with Crippen LogP contribution < -0.4 is 10.6 Å². The number of guanidine groups is 1. The molecule has 0 radical (unpaired) electrons. The van der Waals surface area contributed by atoms with E-state index in [4.69, 9.17) is 4.42 Å². The first kappa shape index (κ1) is 15.6. The molecule has 3 heterocycles. The lowest BCUT2D eigenvalue weighted by atomic mass is 10.1. The predicted octanol–water partition coefficient (Wildman–Crippen LogP) is 2.63. The van der Waals surface area contributed by atoms with Crippen molar-refractivity contribution in [2.24, 2.45) is 4.99 Å². The van der Waals surface area contributed by atoms with Crippen LogP contribution in [0, 0.1) is 13.8 Å². The minimum atomic E-state index is 0.555. The van der Waals surface area contributed by atoms with Gasteiger partial charge in [0, 0.05) is 5.39 Å². The van der Waals surface area contributed by atoms with Crippen molar-refractivity contribution in [1.82, 2.24) is 20.2 Å². The van der Waals surface area contributed by atoms with E-state index in [1.165, 1.54) is 5.56 Å². The molecule has 0 unspecified atom stereocenters. The highest BCUT2D eigenvalue weighted by Gasteiger charge is 2.14. The van der Waals surface area contributed by atoms with Gasteiger partial charge in [0.1, 0.15) is 5.76 Å². The highest BCUT2D eigenvalue weighted by Crippen LogP contribution is 2.18. The van der Waals surface area contributed by atoms with Gasteiger partial charge in [-0.3, -0.25) is 10.2 Å². The van der Waals surface area contributed by atoms with Crippen LogP contribution in [-0.2, 0) is 6.54 Å². The lowest BCUT2D eigenvalue weighted by Crippen LogP contribution is -2.45. The second-order valence-corrected chi connectivity index (χ2v) is 6.17. The molecule has 25 heavy (non-hydrogen) atoms. The molecule has 2 aromatic heterocycles. The molecule has 1 aliphatic rings. The first-order chi connectivity index (χ1) is 12.2. The molecule has 0 saturated heterocycles. The summed E-state index contributed by atoms with van der Waals surface area (Å²) < 4.78 is 5.37. The third kappa shape index (κ3) is 3.46. The van der Waals surface area contributed by atoms with E-state index in [-0.39, 0.29) is 0 Å². The summed E-state index contributed by atoms with van der Waals surface area (Å²) >= 11 is 0. The average molecular weight is 336 g/mol. The van der Waals surface area contributed by atoms with E-state index >= 15 is 0 Å². The lowest BCUT2D eigenvalue weighted by molar-refractivity contribution is 0.236. The fourth-order valence-corrected chi connectivity index (χ4v) is 2.83. The van der Waals surface area contributed by atoms with Gasteiger partial charge in [-0.2, -0.15) is 0 Å². The van der Waals surface area contributed by atoms with Gasteiger partial charge in [0.2, 0.25) is 11.9 Å². The Morgan fingerprint density at radius 1 is 1.24 bits per heavy atom. The maximum absolute atomic E-state index is 5.37. The summed E-state index contributed by atoms with van der Waals surface area (Å²) in [5.41, 5.74) is 3.08. The molecule has 0 fully saturated rings.